The van der Waals surface area contributed by atoms with Crippen molar-refractivity contribution in [2.45, 2.75) is 108 Å². The van der Waals surface area contributed by atoms with Gasteiger partial charge in [0.1, 0.15) is 36.8 Å². The molecule has 2 heterocycles. The van der Waals surface area contributed by atoms with Crippen LogP contribution in [-0.4, -0.2) is 141 Å². The second kappa shape index (κ2) is 32.5. The number of benzene rings is 3. The molecule has 0 aliphatic carbocycles. The summed E-state index contributed by atoms with van der Waals surface area (Å²) in [6.45, 7) is 3.02. The summed E-state index contributed by atoms with van der Waals surface area (Å²) in [6, 6.07) is 22.5. The first-order valence-corrected chi connectivity index (χ1v) is 24.3. The molecule has 2 aliphatic rings. The largest absolute Gasteiger partial charge is 0.480 e. The Balaban J connectivity index is 0.000000336. The normalized spacial score (nSPS) is 16.5. The SMILES string of the molecule is CC(C)[C@H](NC(=O)[C@@H]1CCC(=O)N1)C(=O)O.CSCC[C@H](NC(=O)[C@@H](N)Cc1ccccc1)C(=O)O.N[C@@H](Cc1ccccc1)C(=O)N[C@@H](Cc1ccccc1)C(=O)O.O=C(O)CNC(=O)[C@@H]1CCC(=O)N1. The highest BCUT2D eigenvalue weighted by molar-refractivity contribution is 7.98. The molecule has 2 fully saturated rings. The summed E-state index contributed by atoms with van der Waals surface area (Å²) < 4.78 is 0. The predicted molar refractivity (Wildman–Crippen MR) is 266 cm³/mol. The fraction of sp³-hybridized carbons (Fsp3) is 0.429. The Morgan fingerprint density at radius 1 is 0.597 bits per heavy atom. The molecule has 0 spiro atoms. The van der Waals surface area contributed by atoms with Crippen molar-refractivity contribution in [3.05, 3.63) is 108 Å². The Bertz CT molecular complexity index is 2260. The van der Waals surface area contributed by atoms with E-state index in [9.17, 15) is 53.1 Å². The van der Waals surface area contributed by atoms with E-state index in [0.717, 1.165) is 16.7 Å². The number of rotatable bonds is 22. The zero-order valence-electron chi connectivity index (χ0n) is 40.3. The highest BCUT2D eigenvalue weighted by Crippen LogP contribution is 2.10. The molecule has 72 heavy (non-hydrogen) atoms. The molecule has 0 aromatic heterocycles. The molecule has 14 N–H and O–H groups in total. The number of carboxylic acids is 4. The zero-order valence-corrected chi connectivity index (χ0v) is 41.1. The third-order valence-corrected chi connectivity index (χ3v) is 11.3. The standard InChI is InChI=1S/C18H20N2O3.C14H20N2O3S.C10H16N2O4.C7H10N2O4/c19-15(11-13-7-3-1-4-8-13)17(21)20-16(18(22)23)12-14-9-5-2-6-10-14;1-20-8-7-12(14(18)19)16-13(17)11(15)9-10-5-3-2-4-6-10;1-5(2)8(10(15)16)12-9(14)6-3-4-7(13)11-6;10-5-2-1-4(9-5)7(13)8-3-6(11)12/h1-10,15-16H,11-12,19H2,(H,20,21)(H,22,23);2-6,11-12H,7-9,15H2,1H3,(H,16,17)(H,18,19);5-6,8H,3-4H2,1-2H3,(H,11,13)(H,12,14)(H,15,16);4H,1-3H2,(H,8,13)(H,9,10)(H,11,12)/t15-,16-;11-,12-;6-,8-;4-/m0000/s1. The van der Waals surface area contributed by atoms with Crippen LogP contribution in [0.25, 0.3) is 0 Å². The molecule has 0 bridgehead atoms. The second-order valence-corrected chi connectivity index (χ2v) is 17.8. The monoisotopic (exact) mass is 1020 g/mol. The van der Waals surface area contributed by atoms with E-state index < -0.39 is 96.3 Å². The van der Waals surface area contributed by atoms with Crippen LogP contribution in [0.2, 0.25) is 0 Å². The van der Waals surface area contributed by atoms with Crippen LogP contribution in [0.5, 0.6) is 0 Å². The van der Waals surface area contributed by atoms with Crippen LogP contribution >= 0.6 is 11.8 Å². The molecular weight excluding hydrogens is 957 g/mol. The van der Waals surface area contributed by atoms with Gasteiger partial charge in [-0.05, 0) is 66.7 Å². The number of nitrogens with two attached hydrogens (primary N) is 2. The fourth-order valence-electron chi connectivity index (χ4n) is 6.70. The van der Waals surface area contributed by atoms with Gasteiger partial charge in [0.2, 0.25) is 35.4 Å². The lowest BCUT2D eigenvalue weighted by atomic mass is 10.0. The number of amides is 6. The summed E-state index contributed by atoms with van der Waals surface area (Å²) in [6.07, 6.45) is 4.76. The Kier molecular flexibility index (Phi) is 27.4. The molecule has 3 aromatic rings. The summed E-state index contributed by atoms with van der Waals surface area (Å²) in [7, 11) is 0. The van der Waals surface area contributed by atoms with Crippen LogP contribution in [-0.2, 0) is 67.2 Å². The van der Waals surface area contributed by atoms with Crippen molar-refractivity contribution in [1.82, 2.24) is 31.9 Å². The van der Waals surface area contributed by atoms with Crippen molar-refractivity contribution in [2.75, 3.05) is 18.6 Å². The average Bonchev–Trinajstić information content (AvgIpc) is 4.00. The quantitative estimate of drug-likeness (QED) is 0.0640. The molecular formula is C49H66N8O14S. The minimum Gasteiger partial charge on any atom is -0.480 e. The maximum atomic E-state index is 12.2. The molecule has 0 unspecified atom stereocenters. The molecule has 2 saturated heterocycles. The number of carboxylic acid groups (broad SMARTS) is 4. The van der Waals surface area contributed by atoms with E-state index >= 15 is 0 Å². The van der Waals surface area contributed by atoms with Crippen molar-refractivity contribution >= 4 is 71.1 Å². The zero-order chi connectivity index (χ0) is 53.8. The van der Waals surface area contributed by atoms with Crippen LogP contribution in [0.1, 0.15) is 62.6 Å². The highest BCUT2D eigenvalue weighted by atomic mass is 32.2. The van der Waals surface area contributed by atoms with Crippen LogP contribution in [0, 0.1) is 5.92 Å². The van der Waals surface area contributed by atoms with E-state index in [-0.39, 0.29) is 24.2 Å². The molecule has 0 radical (unpaired) electrons. The van der Waals surface area contributed by atoms with Crippen LogP contribution < -0.4 is 43.4 Å². The third-order valence-electron chi connectivity index (χ3n) is 10.7. The average molecular weight is 1020 g/mol. The molecule has 22 nitrogen and oxygen atoms in total. The van der Waals surface area contributed by atoms with Crippen molar-refractivity contribution in [3.8, 4) is 0 Å². The van der Waals surface area contributed by atoms with Crippen molar-refractivity contribution in [2.24, 2.45) is 17.4 Å². The highest BCUT2D eigenvalue weighted by Gasteiger charge is 2.32. The lowest BCUT2D eigenvalue weighted by Crippen LogP contribution is -2.50. The minimum absolute atomic E-state index is 0.170. The van der Waals surface area contributed by atoms with Gasteiger partial charge in [0, 0.05) is 19.3 Å². The van der Waals surface area contributed by atoms with Gasteiger partial charge in [-0.15, -0.1) is 0 Å². The summed E-state index contributed by atoms with van der Waals surface area (Å²) in [5.41, 5.74) is 14.4. The maximum Gasteiger partial charge on any atom is 0.326 e. The molecule has 7 atom stereocenters. The fourth-order valence-corrected chi connectivity index (χ4v) is 7.17. The van der Waals surface area contributed by atoms with E-state index in [2.05, 4.69) is 31.9 Å². The number of carbonyl (C=O) groups is 10. The van der Waals surface area contributed by atoms with Gasteiger partial charge < -0.3 is 63.8 Å². The molecule has 5 rings (SSSR count). The van der Waals surface area contributed by atoms with Crippen LogP contribution in [0.4, 0.5) is 0 Å². The van der Waals surface area contributed by atoms with Crippen molar-refractivity contribution < 1.29 is 68.4 Å². The Hall–Kier alpha value is -7.37. The minimum atomic E-state index is -1.10. The first-order valence-electron chi connectivity index (χ1n) is 22.9. The number of aliphatic carboxylic acids is 4. The van der Waals surface area contributed by atoms with Crippen molar-refractivity contribution in [3.63, 3.8) is 0 Å². The van der Waals surface area contributed by atoms with Gasteiger partial charge in [0.15, 0.2) is 0 Å². The van der Waals surface area contributed by atoms with Crippen molar-refractivity contribution in [1.29, 1.82) is 0 Å². The number of nitrogens with one attached hydrogen (secondary N) is 6. The van der Waals surface area contributed by atoms with E-state index in [4.69, 9.17) is 26.8 Å². The van der Waals surface area contributed by atoms with Gasteiger partial charge in [0.05, 0.1) is 12.1 Å². The van der Waals surface area contributed by atoms with Gasteiger partial charge in [-0.2, -0.15) is 11.8 Å². The number of carbonyl (C=O) groups excluding carboxylic acids is 6. The molecule has 392 valence electrons. The van der Waals surface area contributed by atoms with Gasteiger partial charge in [-0.1, -0.05) is 105 Å². The number of hydrogen-bond donors (Lipinski definition) is 12. The van der Waals surface area contributed by atoms with E-state index in [1.165, 1.54) is 11.8 Å². The Morgan fingerprint density at radius 3 is 1.35 bits per heavy atom. The smallest absolute Gasteiger partial charge is 0.326 e. The number of hydrogen-bond acceptors (Lipinski definition) is 13. The molecule has 6 amide bonds. The second-order valence-electron chi connectivity index (χ2n) is 16.9. The Morgan fingerprint density at radius 2 is 1.00 bits per heavy atom. The summed E-state index contributed by atoms with van der Waals surface area (Å²) in [5, 5.41) is 50.1. The molecule has 3 aromatic carbocycles. The van der Waals surface area contributed by atoms with E-state index in [1.54, 1.807) is 13.8 Å². The third kappa shape index (κ3) is 24.0. The van der Waals surface area contributed by atoms with Gasteiger partial charge >= 0.3 is 23.9 Å². The Labute approximate surface area is 421 Å². The van der Waals surface area contributed by atoms with Crippen LogP contribution in [0.3, 0.4) is 0 Å². The van der Waals surface area contributed by atoms with Gasteiger partial charge in [-0.3, -0.25) is 33.6 Å². The van der Waals surface area contributed by atoms with E-state index in [0.29, 0.717) is 50.7 Å². The van der Waals surface area contributed by atoms with Gasteiger partial charge in [0.25, 0.3) is 0 Å². The van der Waals surface area contributed by atoms with Gasteiger partial charge in [-0.25, -0.2) is 14.4 Å². The number of thioether (sulfide) groups is 1. The molecule has 0 saturated carbocycles. The molecule has 2 aliphatic heterocycles. The maximum absolute atomic E-state index is 12.2. The first kappa shape index (κ1) is 60.8. The van der Waals surface area contributed by atoms with E-state index in [1.807, 2.05) is 97.3 Å². The summed E-state index contributed by atoms with van der Waals surface area (Å²) in [5.74, 6) is -5.88. The lowest BCUT2D eigenvalue weighted by Gasteiger charge is -2.20. The lowest BCUT2D eigenvalue weighted by molar-refractivity contribution is -0.143. The summed E-state index contributed by atoms with van der Waals surface area (Å²) >= 11 is 1.54. The predicted octanol–water partition coefficient (Wildman–Crippen LogP) is 0.204. The topological polar surface area (TPSA) is 376 Å². The first-order chi connectivity index (χ1) is 34.1. The summed E-state index contributed by atoms with van der Waals surface area (Å²) in [4.78, 5) is 112. The molecule has 23 heteroatoms. The van der Waals surface area contributed by atoms with Crippen LogP contribution in [0.15, 0.2) is 91.0 Å².